The Balaban J connectivity index is 3.06. The molecule has 114 valence electrons. The third kappa shape index (κ3) is 4.53. The maximum atomic E-state index is 12.2. The van der Waals surface area contributed by atoms with Crippen LogP contribution in [0.2, 0.25) is 5.02 Å². The van der Waals surface area contributed by atoms with E-state index in [1.807, 2.05) is 4.72 Å². The first kappa shape index (κ1) is 17.1. The molecule has 1 aromatic carbocycles. The van der Waals surface area contributed by atoms with Crippen LogP contribution in [0.1, 0.15) is 18.9 Å². The van der Waals surface area contributed by atoms with E-state index in [0.29, 0.717) is 0 Å². The van der Waals surface area contributed by atoms with Gasteiger partial charge in [0.15, 0.2) is 0 Å². The SMILES string of the molecule is Cc1c(N)cc(Cl)cc1S(=O)(=O)NC(C)CC(F)(F)F. The van der Waals surface area contributed by atoms with Gasteiger partial charge in [-0.1, -0.05) is 11.6 Å². The van der Waals surface area contributed by atoms with Crippen LogP contribution in [-0.4, -0.2) is 20.6 Å². The van der Waals surface area contributed by atoms with Crippen LogP contribution in [0.15, 0.2) is 17.0 Å². The van der Waals surface area contributed by atoms with Crippen LogP contribution in [0.25, 0.3) is 0 Å². The molecule has 0 amide bonds. The third-order valence-electron chi connectivity index (χ3n) is 2.55. The lowest BCUT2D eigenvalue weighted by Crippen LogP contribution is -2.36. The molecule has 20 heavy (non-hydrogen) atoms. The summed E-state index contributed by atoms with van der Waals surface area (Å²) in [6, 6.07) is 1.23. The number of nitrogen functional groups attached to an aromatic ring is 1. The number of nitrogens with two attached hydrogens (primary N) is 1. The smallest absolute Gasteiger partial charge is 0.390 e. The lowest BCUT2D eigenvalue weighted by Gasteiger charge is -2.17. The van der Waals surface area contributed by atoms with E-state index in [9.17, 15) is 21.6 Å². The summed E-state index contributed by atoms with van der Waals surface area (Å²) < 4.78 is 62.7. The highest BCUT2D eigenvalue weighted by atomic mass is 35.5. The monoisotopic (exact) mass is 330 g/mol. The van der Waals surface area contributed by atoms with Crippen molar-refractivity contribution in [1.29, 1.82) is 0 Å². The molecule has 0 fully saturated rings. The number of rotatable bonds is 4. The molecule has 4 nitrogen and oxygen atoms in total. The summed E-state index contributed by atoms with van der Waals surface area (Å²) in [6.07, 6.45) is -5.72. The predicted molar refractivity (Wildman–Crippen MR) is 71.1 cm³/mol. The van der Waals surface area contributed by atoms with Crippen LogP contribution in [0.3, 0.4) is 0 Å². The maximum absolute atomic E-state index is 12.2. The largest absolute Gasteiger partial charge is 0.398 e. The van der Waals surface area contributed by atoms with Crippen LogP contribution in [0.4, 0.5) is 18.9 Å². The molecular weight excluding hydrogens is 317 g/mol. The van der Waals surface area contributed by atoms with E-state index in [0.717, 1.165) is 13.0 Å². The summed E-state index contributed by atoms with van der Waals surface area (Å²) in [7, 11) is -4.12. The van der Waals surface area contributed by atoms with Gasteiger partial charge in [0.25, 0.3) is 0 Å². The van der Waals surface area contributed by atoms with Crippen LogP contribution >= 0.6 is 11.6 Å². The van der Waals surface area contributed by atoms with Gasteiger partial charge in [-0.05, 0) is 31.5 Å². The van der Waals surface area contributed by atoms with Crippen molar-refractivity contribution in [2.24, 2.45) is 0 Å². The van der Waals surface area contributed by atoms with Gasteiger partial charge in [-0.15, -0.1) is 0 Å². The molecule has 1 rings (SSSR count). The fraction of sp³-hybridized carbons (Fsp3) is 0.455. The van der Waals surface area contributed by atoms with Gasteiger partial charge in [0.1, 0.15) is 0 Å². The van der Waals surface area contributed by atoms with E-state index in [4.69, 9.17) is 17.3 Å². The highest BCUT2D eigenvalue weighted by Crippen LogP contribution is 2.27. The second kappa shape index (κ2) is 5.79. The normalized spacial score (nSPS) is 14.3. The molecule has 0 aliphatic rings. The summed E-state index contributed by atoms with van der Waals surface area (Å²) in [5.74, 6) is 0. The van der Waals surface area contributed by atoms with Crippen molar-refractivity contribution >= 4 is 27.3 Å². The molecule has 0 saturated heterocycles. The Labute approximate surface area is 120 Å². The molecule has 1 atom stereocenters. The zero-order valence-corrected chi connectivity index (χ0v) is 12.3. The van der Waals surface area contributed by atoms with Crippen LogP contribution in [-0.2, 0) is 10.0 Å². The molecule has 1 aromatic rings. The number of hydrogen-bond donors (Lipinski definition) is 2. The summed E-state index contributed by atoms with van der Waals surface area (Å²) in [4.78, 5) is -0.225. The van der Waals surface area contributed by atoms with Crippen LogP contribution < -0.4 is 10.5 Å². The second-order valence-corrected chi connectivity index (χ2v) is 6.58. The van der Waals surface area contributed by atoms with Gasteiger partial charge in [0, 0.05) is 16.8 Å². The van der Waals surface area contributed by atoms with Gasteiger partial charge in [0.2, 0.25) is 10.0 Å². The predicted octanol–water partition coefficient (Wildman–Crippen LogP) is 2.85. The molecule has 0 spiro atoms. The number of benzene rings is 1. The first-order valence-electron chi connectivity index (χ1n) is 5.57. The zero-order chi connectivity index (χ0) is 15.7. The molecule has 3 N–H and O–H groups in total. The fourth-order valence-electron chi connectivity index (χ4n) is 1.67. The average molecular weight is 331 g/mol. The number of nitrogens with one attached hydrogen (secondary N) is 1. The molecule has 0 aliphatic carbocycles. The zero-order valence-electron chi connectivity index (χ0n) is 10.8. The van der Waals surface area contributed by atoms with E-state index < -0.39 is 28.7 Å². The Bertz CT molecular complexity index is 602. The molecule has 0 radical (unpaired) electrons. The first-order valence-corrected chi connectivity index (χ1v) is 7.43. The van der Waals surface area contributed by atoms with Gasteiger partial charge >= 0.3 is 6.18 Å². The topological polar surface area (TPSA) is 72.2 Å². The standard InChI is InChI=1S/C11H14ClF3N2O2S/c1-6(5-11(13,14)15)17-20(18,19)10-4-8(12)3-9(16)7(10)2/h3-4,6,17H,5,16H2,1-2H3. The van der Waals surface area contributed by atoms with Crippen molar-refractivity contribution < 1.29 is 21.6 Å². The first-order chi connectivity index (χ1) is 8.92. The van der Waals surface area contributed by atoms with Crippen molar-refractivity contribution in [2.45, 2.75) is 37.4 Å². The van der Waals surface area contributed by atoms with Crippen molar-refractivity contribution in [2.75, 3.05) is 5.73 Å². The minimum Gasteiger partial charge on any atom is -0.398 e. The van der Waals surface area contributed by atoms with E-state index >= 15 is 0 Å². The van der Waals surface area contributed by atoms with Crippen LogP contribution in [0.5, 0.6) is 0 Å². The van der Waals surface area contributed by atoms with Crippen LogP contribution in [0, 0.1) is 6.92 Å². The van der Waals surface area contributed by atoms with Gasteiger partial charge in [-0.2, -0.15) is 13.2 Å². The van der Waals surface area contributed by atoms with Gasteiger partial charge < -0.3 is 5.73 Å². The fourth-order valence-corrected chi connectivity index (χ4v) is 3.50. The molecular formula is C11H14ClF3N2O2S. The molecule has 0 aromatic heterocycles. The summed E-state index contributed by atoms with van der Waals surface area (Å²) >= 11 is 5.72. The van der Waals surface area contributed by atoms with Gasteiger partial charge in [-0.3, -0.25) is 0 Å². The Kier molecular flexibility index (Phi) is 4.94. The molecule has 9 heteroatoms. The molecule has 1 unspecified atom stereocenters. The van der Waals surface area contributed by atoms with Crippen molar-refractivity contribution in [3.8, 4) is 0 Å². The summed E-state index contributed by atoms with van der Waals surface area (Å²) in [6.45, 7) is 2.59. The lowest BCUT2D eigenvalue weighted by atomic mass is 10.2. The Hall–Kier alpha value is -0.990. The number of halogens is 4. The van der Waals surface area contributed by atoms with E-state index in [-0.39, 0.29) is 21.2 Å². The Morgan fingerprint density at radius 2 is 1.95 bits per heavy atom. The Morgan fingerprint density at radius 3 is 2.45 bits per heavy atom. The Morgan fingerprint density at radius 1 is 1.40 bits per heavy atom. The summed E-state index contributed by atoms with van der Waals surface area (Å²) in [5.41, 5.74) is 5.99. The van der Waals surface area contributed by atoms with E-state index in [1.165, 1.54) is 13.0 Å². The average Bonchev–Trinajstić information content (AvgIpc) is 2.19. The number of anilines is 1. The number of alkyl halides is 3. The maximum Gasteiger partial charge on any atom is 0.390 e. The molecule has 0 heterocycles. The minimum atomic E-state index is -4.45. The van der Waals surface area contributed by atoms with E-state index in [2.05, 4.69) is 0 Å². The molecule has 0 aliphatic heterocycles. The highest BCUT2D eigenvalue weighted by molar-refractivity contribution is 7.89. The quantitative estimate of drug-likeness (QED) is 0.834. The number of hydrogen-bond acceptors (Lipinski definition) is 3. The highest BCUT2D eigenvalue weighted by Gasteiger charge is 2.32. The van der Waals surface area contributed by atoms with Gasteiger partial charge in [-0.25, -0.2) is 13.1 Å². The van der Waals surface area contributed by atoms with Crippen molar-refractivity contribution in [3.63, 3.8) is 0 Å². The molecule has 0 saturated carbocycles. The van der Waals surface area contributed by atoms with Gasteiger partial charge in [0.05, 0.1) is 11.3 Å². The molecule has 0 bridgehead atoms. The second-order valence-electron chi connectivity index (χ2n) is 4.46. The third-order valence-corrected chi connectivity index (χ3v) is 4.48. The van der Waals surface area contributed by atoms with E-state index in [1.54, 1.807) is 0 Å². The van der Waals surface area contributed by atoms with Crippen molar-refractivity contribution in [3.05, 3.63) is 22.7 Å². The number of sulfonamides is 1. The van der Waals surface area contributed by atoms with Crippen molar-refractivity contribution in [1.82, 2.24) is 4.72 Å². The lowest BCUT2D eigenvalue weighted by molar-refractivity contribution is -0.137. The minimum absolute atomic E-state index is 0.0944. The summed E-state index contributed by atoms with van der Waals surface area (Å²) in [5, 5.41) is 0.0944.